The van der Waals surface area contributed by atoms with E-state index >= 15 is 0 Å². The van der Waals surface area contributed by atoms with Crippen molar-refractivity contribution in [2.45, 2.75) is 197 Å². The Morgan fingerprint density at radius 2 is 1.38 bits per heavy atom. The number of hydrogen-bond acceptors (Lipinski definition) is 15. The summed E-state index contributed by atoms with van der Waals surface area (Å²) in [4.78, 5) is 113. The van der Waals surface area contributed by atoms with Gasteiger partial charge >= 0.3 is 0 Å². The van der Waals surface area contributed by atoms with Crippen LogP contribution in [0, 0.1) is 17.8 Å². The van der Waals surface area contributed by atoms with Crippen LogP contribution in [0.4, 0.5) is 0 Å². The summed E-state index contributed by atoms with van der Waals surface area (Å²) in [6.45, 7) is 8.48. The van der Waals surface area contributed by atoms with Gasteiger partial charge in [0.2, 0.25) is 47.3 Å². The molecule has 23 heteroatoms. The topological polar surface area (TPSA) is 371 Å². The SMILES string of the molecule is CCC(C)CC(C)CCCCCCCCC(=O)NC1CCCNC(=O)[C@@H]2[C@@H](O)[C@@H](C)CN2C(=O)[C@H]([C@H](O)CC(N)=O)NC(=O)[C@H](C(O)[C@H](O)c2ccc(O)cc2)NC(=O)[C@@H]2C[C@@H](O)CN2C(=O)[C@H]([C@@H](C)O)NC1=O. The van der Waals surface area contributed by atoms with Gasteiger partial charge in [0.25, 0.3) is 0 Å². The van der Waals surface area contributed by atoms with Crippen molar-refractivity contribution in [1.82, 2.24) is 36.4 Å². The van der Waals surface area contributed by atoms with Crippen molar-refractivity contribution < 1.29 is 74.1 Å². The normalized spacial score (nSPS) is 28.2. The Bertz CT molecular complexity index is 2060. The standard InChI is InChI=1S/C51H82N8O15/c1-6-27(2)22-28(3)14-11-9-7-8-10-12-16-38(65)54-34-15-13-21-53-49(72)42-43(66)29(4)25-59(42)51(74)40(36(63)24-37(52)64)56-48(71)41(45(68)44(67)31-17-19-32(61)20-18-31)57-47(70)35-23-33(62)26-58(35)50(73)39(30(5)60)55-46(34)69/h17-20,27-30,33-36,39-45,60-63,66-68H,6-16,21-26H2,1-5H3,(H2,52,64)(H,53,72)(H,54,65)(H,55,69)(H,56,71)(H,57,70)/t27?,28?,29-,30+,33+,34?,35-,36+,39-,40-,41-,42-,43-,44+,45?/m0/s1. The number of carbonyl (C=O) groups excluding carboxylic acids is 8. The monoisotopic (exact) mass is 1050 g/mol. The summed E-state index contributed by atoms with van der Waals surface area (Å²) in [5, 5.41) is 89.5. The molecule has 23 nitrogen and oxygen atoms in total. The highest BCUT2D eigenvalue weighted by Gasteiger charge is 2.50. The van der Waals surface area contributed by atoms with Crippen molar-refractivity contribution in [3.63, 3.8) is 0 Å². The lowest BCUT2D eigenvalue weighted by atomic mass is 9.91. The first-order valence-electron chi connectivity index (χ1n) is 26.2. The molecule has 0 aromatic heterocycles. The molecule has 3 heterocycles. The molecule has 15 atom stereocenters. The number of carbonyl (C=O) groups is 8. The number of benzene rings is 1. The Labute approximate surface area is 432 Å². The van der Waals surface area contributed by atoms with E-state index in [2.05, 4.69) is 47.4 Å². The minimum Gasteiger partial charge on any atom is -0.508 e. The Morgan fingerprint density at radius 1 is 0.770 bits per heavy atom. The number of rotatable bonds is 20. The highest BCUT2D eigenvalue weighted by molar-refractivity contribution is 5.98. The number of aliphatic hydroxyl groups is 6. The molecule has 3 saturated heterocycles. The van der Waals surface area contributed by atoms with Gasteiger partial charge in [0, 0.05) is 38.4 Å². The number of amides is 8. The summed E-state index contributed by atoms with van der Waals surface area (Å²) < 4.78 is 0. The van der Waals surface area contributed by atoms with Crippen molar-refractivity contribution in [2.75, 3.05) is 19.6 Å². The maximum atomic E-state index is 14.5. The predicted molar refractivity (Wildman–Crippen MR) is 268 cm³/mol. The lowest BCUT2D eigenvalue weighted by Gasteiger charge is -2.34. The minimum absolute atomic E-state index is 0.00989. The molecule has 1 aromatic rings. The number of nitrogens with one attached hydrogen (secondary N) is 5. The van der Waals surface area contributed by atoms with Crippen molar-refractivity contribution in [3.8, 4) is 5.75 Å². The molecule has 0 saturated carbocycles. The zero-order valence-corrected chi connectivity index (χ0v) is 43.4. The van der Waals surface area contributed by atoms with Crippen LogP contribution < -0.4 is 32.3 Å². The maximum Gasteiger partial charge on any atom is 0.248 e. The average Bonchev–Trinajstić information content (AvgIpc) is 3.89. The summed E-state index contributed by atoms with van der Waals surface area (Å²) >= 11 is 0. The summed E-state index contributed by atoms with van der Waals surface area (Å²) in [5.41, 5.74) is 5.29. The van der Waals surface area contributed by atoms with Crippen LogP contribution in [0.25, 0.3) is 0 Å². The largest absolute Gasteiger partial charge is 0.508 e. The smallest absolute Gasteiger partial charge is 0.248 e. The van der Waals surface area contributed by atoms with Crippen LogP contribution in [-0.4, -0.2) is 179 Å². The number of hydrogen-bond donors (Lipinski definition) is 13. The van der Waals surface area contributed by atoms with Gasteiger partial charge in [0.15, 0.2) is 0 Å². The number of unbranched alkanes of at least 4 members (excludes halogenated alkanes) is 5. The van der Waals surface area contributed by atoms with E-state index in [1.165, 1.54) is 45.2 Å². The van der Waals surface area contributed by atoms with Crippen molar-refractivity contribution in [1.29, 1.82) is 0 Å². The van der Waals surface area contributed by atoms with E-state index in [1.54, 1.807) is 0 Å². The van der Waals surface area contributed by atoms with E-state index in [1.807, 2.05) is 0 Å². The molecule has 74 heavy (non-hydrogen) atoms. The van der Waals surface area contributed by atoms with Gasteiger partial charge in [-0.2, -0.15) is 0 Å². The Kier molecular flexibility index (Phi) is 23.9. The molecular formula is C51H82N8O15. The number of primary amides is 1. The van der Waals surface area contributed by atoms with Crippen LogP contribution in [0.2, 0.25) is 0 Å². The van der Waals surface area contributed by atoms with Gasteiger partial charge in [-0.05, 0) is 62.1 Å². The lowest BCUT2D eigenvalue weighted by Crippen LogP contribution is -2.64. The van der Waals surface area contributed by atoms with E-state index in [0.717, 1.165) is 54.0 Å². The zero-order chi connectivity index (χ0) is 55.0. The Morgan fingerprint density at radius 3 is 2.01 bits per heavy atom. The number of phenolic OH excluding ortho intramolecular Hbond substituents is 1. The molecule has 3 aliphatic rings. The van der Waals surface area contributed by atoms with Gasteiger partial charge in [-0.1, -0.05) is 84.8 Å². The molecule has 0 radical (unpaired) electrons. The molecule has 4 rings (SSSR count). The molecule has 0 aliphatic carbocycles. The molecule has 3 fully saturated rings. The average molecular weight is 1050 g/mol. The number of nitrogens with two attached hydrogens (primary N) is 1. The van der Waals surface area contributed by atoms with Crippen LogP contribution in [0.3, 0.4) is 0 Å². The fourth-order valence-electron chi connectivity index (χ4n) is 9.97. The van der Waals surface area contributed by atoms with E-state index < -0.39 is 145 Å². The lowest BCUT2D eigenvalue weighted by molar-refractivity contribution is -0.148. The third kappa shape index (κ3) is 17.3. The summed E-state index contributed by atoms with van der Waals surface area (Å²) in [6.07, 6.45) is -3.36. The molecule has 4 unspecified atom stereocenters. The Hall–Kier alpha value is -5.46. The van der Waals surface area contributed by atoms with Gasteiger partial charge < -0.3 is 77.9 Å². The zero-order valence-electron chi connectivity index (χ0n) is 43.4. The maximum absolute atomic E-state index is 14.5. The fraction of sp³-hybridized carbons (Fsp3) is 0.725. The van der Waals surface area contributed by atoms with Crippen LogP contribution >= 0.6 is 0 Å². The second kappa shape index (κ2) is 29.0. The molecule has 416 valence electrons. The predicted octanol–water partition coefficient (Wildman–Crippen LogP) is -1.38. The van der Waals surface area contributed by atoms with Crippen LogP contribution in [0.15, 0.2) is 24.3 Å². The summed E-state index contributed by atoms with van der Waals surface area (Å²) in [6, 6.07) is -6.12. The van der Waals surface area contributed by atoms with Gasteiger partial charge in [0.1, 0.15) is 54.2 Å². The van der Waals surface area contributed by atoms with Crippen LogP contribution in [-0.2, 0) is 38.4 Å². The highest BCUT2D eigenvalue weighted by atomic mass is 16.3. The highest BCUT2D eigenvalue weighted by Crippen LogP contribution is 2.28. The molecule has 0 spiro atoms. The number of fused-ring (bicyclic) bond motifs is 2. The van der Waals surface area contributed by atoms with Gasteiger partial charge in [-0.3, -0.25) is 38.4 Å². The van der Waals surface area contributed by atoms with Gasteiger partial charge in [0.05, 0.1) is 30.8 Å². The van der Waals surface area contributed by atoms with E-state index in [0.29, 0.717) is 18.3 Å². The second-order valence-electron chi connectivity index (χ2n) is 20.8. The van der Waals surface area contributed by atoms with Crippen molar-refractivity contribution in [3.05, 3.63) is 29.8 Å². The first kappa shape index (κ1) is 61.1. The molecule has 1 aromatic carbocycles. The first-order valence-corrected chi connectivity index (χ1v) is 26.2. The Balaban J connectivity index is 1.66. The third-order valence-corrected chi connectivity index (χ3v) is 14.5. The van der Waals surface area contributed by atoms with Gasteiger partial charge in [-0.15, -0.1) is 0 Å². The molecule has 8 amide bonds. The minimum atomic E-state index is -2.31. The quantitative estimate of drug-likeness (QED) is 0.0670. The molecular weight excluding hydrogens is 965 g/mol. The van der Waals surface area contributed by atoms with Crippen LogP contribution in [0.5, 0.6) is 5.75 Å². The van der Waals surface area contributed by atoms with Crippen LogP contribution in [0.1, 0.15) is 136 Å². The number of phenols is 1. The molecule has 14 N–H and O–H groups in total. The van der Waals surface area contributed by atoms with Gasteiger partial charge in [-0.25, -0.2) is 0 Å². The first-order chi connectivity index (χ1) is 34.9. The van der Waals surface area contributed by atoms with Crippen molar-refractivity contribution >= 4 is 47.3 Å². The van der Waals surface area contributed by atoms with Crippen molar-refractivity contribution in [2.24, 2.45) is 23.5 Å². The summed E-state index contributed by atoms with van der Waals surface area (Å²) in [5.74, 6) is -7.91. The summed E-state index contributed by atoms with van der Waals surface area (Å²) in [7, 11) is 0. The fourth-order valence-corrected chi connectivity index (χ4v) is 9.97. The molecule has 0 bridgehead atoms. The van der Waals surface area contributed by atoms with E-state index in [9.17, 15) is 74.1 Å². The number of nitrogens with zero attached hydrogens (tertiary/aromatic N) is 2. The number of aromatic hydroxyl groups is 1. The van der Waals surface area contributed by atoms with E-state index in [-0.39, 0.29) is 43.7 Å². The number of aliphatic hydroxyl groups excluding tert-OH is 6. The second-order valence-corrected chi connectivity index (χ2v) is 20.8. The van der Waals surface area contributed by atoms with E-state index in [4.69, 9.17) is 5.73 Å². The molecule has 3 aliphatic heterocycles. The third-order valence-electron chi connectivity index (χ3n) is 14.5.